The third-order valence-electron chi connectivity index (χ3n) is 2.60. The highest BCUT2D eigenvalue weighted by molar-refractivity contribution is 5.81. The number of aliphatic hydroxyl groups is 1. The summed E-state index contributed by atoms with van der Waals surface area (Å²) in [5.41, 5.74) is 2.97. The van der Waals surface area contributed by atoms with Gasteiger partial charge in [0.2, 0.25) is 0 Å². The molecule has 3 nitrogen and oxygen atoms in total. The third kappa shape index (κ3) is 1.21. The van der Waals surface area contributed by atoms with Crippen molar-refractivity contribution >= 4 is 16.6 Å². The molecule has 1 N–H and O–H groups in total. The minimum Gasteiger partial charge on any atom is -0.392 e. The highest BCUT2D eigenvalue weighted by atomic mass is 16.3. The van der Waals surface area contributed by atoms with Gasteiger partial charge in [-0.05, 0) is 29.8 Å². The van der Waals surface area contributed by atoms with Gasteiger partial charge in [0.05, 0.1) is 12.1 Å². The van der Waals surface area contributed by atoms with Crippen molar-refractivity contribution in [3.8, 4) is 0 Å². The summed E-state index contributed by atoms with van der Waals surface area (Å²) in [6.07, 6.45) is 3.83. The van der Waals surface area contributed by atoms with Crippen molar-refractivity contribution in [3.63, 3.8) is 0 Å². The van der Waals surface area contributed by atoms with Gasteiger partial charge in [0.25, 0.3) is 0 Å². The van der Waals surface area contributed by atoms with E-state index in [2.05, 4.69) is 4.98 Å². The monoisotopic (exact) mass is 198 g/mol. The molecule has 1 aromatic carbocycles. The molecule has 0 aliphatic heterocycles. The zero-order valence-electron chi connectivity index (χ0n) is 8.09. The topological polar surface area (TPSA) is 37.5 Å². The summed E-state index contributed by atoms with van der Waals surface area (Å²) in [6.45, 7) is 0.0691. The Kier molecular flexibility index (Phi) is 1.73. The summed E-state index contributed by atoms with van der Waals surface area (Å²) in [7, 11) is 0. The van der Waals surface area contributed by atoms with Gasteiger partial charge in [-0.15, -0.1) is 0 Å². The molecule has 0 radical (unpaired) electrons. The second-order valence-electron chi connectivity index (χ2n) is 3.55. The molecule has 2 aromatic heterocycles. The summed E-state index contributed by atoms with van der Waals surface area (Å²) < 4.78 is 2.04. The Morgan fingerprint density at radius 2 is 2.20 bits per heavy atom. The van der Waals surface area contributed by atoms with Crippen LogP contribution >= 0.6 is 0 Å². The lowest BCUT2D eigenvalue weighted by atomic mass is 10.1. The largest absolute Gasteiger partial charge is 0.392 e. The SMILES string of the molecule is OCc1ccc2c(cnc3cccn32)c1. The molecular weight excluding hydrogens is 188 g/mol. The highest BCUT2D eigenvalue weighted by Gasteiger charge is 2.00. The van der Waals surface area contributed by atoms with Crippen LogP contribution in [0.4, 0.5) is 0 Å². The Morgan fingerprint density at radius 3 is 3.07 bits per heavy atom. The standard InChI is InChI=1S/C12H10N2O/c15-8-9-3-4-11-10(6-9)7-13-12-2-1-5-14(11)12/h1-7,15H,8H2. The fourth-order valence-electron chi connectivity index (χ4n) is 1.84. The van der Waals surface area contributed by atoms with E-state index < -0.39 is 0 Å². The van der Waals surface area contributed by atoms with Gasteiger partial charge in [0.15, 0.2) is 0 Å². The van der Waals surface area contributed by atoms with Crippen LogP contribution in [0.3, 0.4) is 0 Å². The van der Waals surface area contributed by atoms with Crippen LogP contribution in [0.1, 0.15) is 5.56 Å². The molecule has 3 heteroatoms. The second-order valence-corrected chi connectivity index (χ2v) is 3.55. The lowest BCUT2D eigenvalue weighted by Gasteiger charge is -2.03. The number of hydrogen-bond acceptors (Lipinski definition) is 2. The summed E-state index contributed by atoms with van der Waals surface area (Å²) in [4.78, 5) is 4.33. The van der Waals surface area contributed by atoms with E-state index in [-0.39, 0.29) is 6.61 Å². The first-order valence-corrected chi connectivity index (χ1v) is 4.84. The third-order valence-corrected chi connectivity index (χ3v) is 2.60. The van der Waals surface area contributed by atoms with Crippen LogP contribution in [0.5, 0.6) is 0 Å². The van der Waals surface area contributed by atoms with Gasteiger partial charge in [-0.2, -0.15) is 0 Å². The Bertz CT molecular complexity index is 628. The molecule has 2 heterocycles. The lowest BCUT2D eigenvalue weighted by molar-refractivity contribution is 0.282. The van der Waals surface area contributed by atoms with Crippen molar-refractivity contribution in [1.29, 1.82) is 0 Å². The number of benzene rings is 1. The zero-order valence-corrected chi connectivity index (χ0v) is 8.09. The summed E-state index contributed by atoms with van der Waals surface area (Å²) in [5.74, 6) is 0. The first kappa shape index (κ1) is 8.44. The number of fused-ring (bicyclic) bond motifs is 3. The van der Waals surface area contributed by atoms with Crippen LogP contribution in [0, 0.1) is 0 Å². The van der Waals surface area contributed by atoms with Crippen LogP contribution in [0.15, 0.2) is 42.7 Å². The lowest BCUT2D eigenvalue weighted by Crippen LogP contribution is -1.90. The first-order chi connectivity index (χ1) is 7.38. The number of nitrogens with zero attached hydrogens (tertiary/aromatic N) is 2. The quantitative estimate of drug-likeness (QED) is 0.649. The Hall–Kier alpha value is -1.87. The fraction of sp³-hybridized carbons (Fsp3) is 0.0833. The first-order valence-electron chi connectivity index (χ1n) is 4.84. The minimum atomic E-state index is 0.0691. The van der Waals surface area contributed by atoms with E-state index in [1.807, 2.05) is 47.1 Å². The Balaban J connectivity index is 2.44. The van der Waals surface area contributed by atoms with Gasteiger partial charge < -0.3 is 9.51 Å². The molecule has 0 spiro atoms. The Morgan fingerprint density at radius 1 is 1.27 bits per heavy atom. The fourth-order valence-corrected chi connectivity index (χ4v) is 1.84. The molecule has 0 fully saturated rings. The highest BCUT2D eigenvalue weighted by Crippen LogP contribution is 2.17. The zero-order chi connectivity index (χ0) is 10.3. The molecule has 3 aromatic rings. The van der Waals surface area contributed by atoms with Gasteiger partial charge >= 0.3 is 0 Å². The van der Waals surface area contributed by atoms with E-state index in [9.17, 15) is 0 Å². The normalized spacial score (nSPS) is 11.3. The number of hydrogen-bond donors (Lipinski definition) is 1. The smallest absolute Gasteiger partial charge is 0.137 e. The van der Waals surface area contributed by atoms with Crippen molar-refractivity contribution in [3.05, 3.63) is 48.3 Å². The van der Waals surface area contributed by atoms with Crippen molar-refractivity contribution in [1.82, 2.24) is 9.38 Å². The molecule has 0 aliphatic rings. The van der Waals surface area contributed by atoms with Crippen LogP contribution in [-0.2, 0) is 6.61 Å². The van der Waals surface area contributed by atoms with Crippen LogP contribution in [-0.4, -0.2) is 14.5 Å². The maximum Gasteiger partial charge on any atom is 0.137 e. The molecule has 0 aliphatic carbocycles. The van der Waals surface area contributed by atoms with Gasteiger partial charge in [0.1, 0.15) is 5.65 Å². The van der Waals surface area contributed by atoms with E-state index in [1.165, 1.54) is 0 Å². The summed E-state index contributed by atoms with van der Waals surface area (Å²) in [6, 6.07) is 9.85. The van der Waals surface area contributed by atoms with Crippen molar-refractivity contribution in [2.24, 2.45) is 0 Å². The van der Waals surface area contributed by atoms with Crippen LogP contribution in [0.2, 0.25) is 0 Å². The predicted molar refractivity (Wildman–Crippen MR) is 58.6 cm³/mol. The van der Waals surface area contributed by atoms with Crippen molar-refractivity contribution in [2.45, 2.75) is 6.61 Å². The Labute approximate surface area is 86.6 Å². The molecule has 0 unspecified atom stereocenters. The van der Waals surface area contributed by atoms with E-state index >= 15 is 0 Å². The number of rotatable bonds is 1. The molecule has 0 saturated heterocycles. The molecule has 74 valence electrons. The second kappa shape index (κ2) is 3.07. The predicted octanol–water partition coefficient (Wildman–Crippen LogP) is 1.98. The van der Waals surface area contributed by atoms with E-state index in [0.29, 0.717) is 0 Å². The molecule has 0 amide bonds. The molecular formula is C12H10N2O. The molecule has 15 heavy (non-hydrogen) atoms. The van der Waals surface area contributed by atoms with Crippen molar-refractivity contribution < 1.29 is 5.11 Å². The molecule has 0 bridgehead atoms. The minimum absolute atomic E-state index is 0.0691. The van der Waals surface area contributed by atoms with Gasteiger partial charge in [-0.3, -0.25) is 0 Å². The number of aliphatic hydroxyl groups excluding tert-OH is 1. The van der Waals surface area contributed by atoms with Gasteiger partial charge in [-0.1, -0.05) is 6.07 Å². The van der Waals surface area contributed by atoms with E-state index in [0.717, 1.165) is 22.1 Å². The average Bonchev–Trinajstić information content (AvgIpc) is 2.76. The molecule has 0 saturated carbocycles. The van der Waals surface area contributed by atoms with Gasteiger partial charge in [0, 0.05) is 17.8 Å². The molecule has 0 atom stereocenters. The maximum absolute atomic E-state index is 9.04. The van der Waals surface area contributed by atoms with Crippen LogP contribution in [0.25, 0.3) is 16.6 Å². The maximum atomic E-state index is 9.04. The molecule has 3 rings (SSSR count). The average molecular weight is 198 g/mol. The van der Waals surface area contributed by atoms with Gasteiger partial charge in [-0.25, -0.2) is 4.98 Å². The number of aromatic nitrogens is 2. The van der Waals surface area contributed by atoms with E-state index in [4.69, 9.17) is 5.11 Å². The summed E-state index contributed by atoms with van der Waals surface area (Å²) in [5, 5.41) is 10.1. The van der Waals surface area contributed by atoms with Crippen molar-refractivity contribution in [2.75, 3.05) is 0 Å². The van der Waals surface area contributed by atoms with E-state index in [1.54, 1.807) is 0 Å². The summed E-state index contributed by atoms with van der Waals surface area (Å²) >= 11 is 0. The van der Waals surface area contributed by atoms with Crippen LogP contribution < -0.4 is 0 Å².